The molecule has 0 spiro atoms. The zero-order valence-electron chi connectivity index (χ0n) is 10.2. The summed E-state index contributed by atoms with van der Waals surface area (Å²) in [6, 6.07) is 0. The number of carbonyl (C=O) groups is 1. The molecule has 0 heterocycles. The second-order valence-corrected chi connectivity index (χ2v) is 3.88. The second-order valence-electron chi connectivity index (χ2n) is 3.88. The van der Waals surface area contributed by atoms with E-state index >= 15 is 0 Å². The summed E-state index contributed by atoms with van der Waals surface area (Å²) in [5, 5.41) is 0. The summed E-state index contributed by atoms with van der Waals surface area (Å²) >= 11 is 0. The highest BCUT2D eigenvalue weighted by molar-refractivity contribution is 5.77. The van der Waals surface area contributed by atoms with E-state index in [1.54, 1.807) is 4.90 Å². The van der Waals surface area contributed by atoms with Crippen LogP contribution in [0.25, 0.3) is 0 Å². The van der Waals surface area contributed by atoms with E-state index in [2.05, 4.69) is 6.92 Å². The number of rotatable bonds is 8. The van der Waals surface area contributed by atoms with Gasteiger partial charge in [-0.3, -0.25) is 4.79 Å². The first-order chi connectivity index (χ1) is 7.11. The van der Waals surface area contributed by atoms with Crippen LogP contribution in [0.3, 0.4) is 0 Å². The molecular formula is C11H24N2O2. The molecule has 0 saturated carbocycles. The molecule has 0 atom stereocenters. The number of amides is 1. The Bertz CT molecular complexity index is 172. The lowest BCUT2D eigenvalue weighted by Crippen LogP contribution is -2.38. The van der Waals surface area contributed by atoms with Gasteiger partial charge in [-0.15, -0.1) is 0 Å². The first-order valence-electron chi connectivity index (χ1n) is 5.71. The van der Waals surface area contributed by atoms with Crippen LogP contribution in [0, 0.1) is 0 Å². The molecule has 0 rings (SSSR count). The van der Waals surface area contributed by atoms with Crippen molar-refractivity contribution >= 4 is 5.91 Å². The van der Waals surface area contributed by atoms with Gasteiger partial charge in [-0.2, -0.15) is 0 Å². The molecule has 15 heavy (non-hydrogen) atoms. The van der Waals surface area contributed by atoms with Crippen molar-refractivity contribution in [3.8, 4) is 0 Å². The topological polar surface area (TPSA) is 55.6 Å². The van der Waals surface area contributed by atoms with Crippen molar-refractivity contribution in [2.45, 2.75) is 39.7 Å². The first kappa shape index (κ1) is 14.4. The molecular weight excluding hydrogens is 192 g/mol. The molecule has 4 nitrogen and oxygen atoms in total. The lowest BCUT2D eigenvalue weighted by atomic mass is 10.3. The molecule has 0 unspecified atom stereocenters. The van der Waals surface area contributed by atoms with Crippen LogP contribution in [-0.4, -0.2) is 43.2 Å². The third-order valence-electron chi connectivity index (χ3n) is 2.07. The van der Waals surface area contributed by atoms with Crippen LogP contribution < -0.4 is 5.73 Å². The highest BCUT2D eigenvalue weighted by atomic mass is 16.5. The minimum atomic E-state index is 0.0441. The Morgan fingerprint density at radius 2 is 2.07 bits per heavy atom. The summed E-state index contributed by atoms with van der Waals surface area (Å²) in [6.07, 6.45) is 2.20. The van der Waals surface area contributed by atoms with Gasteiger partial charge in [-0.05, 0) is 20.3 Å². The summed E-state index contributed by atoms with van der Waals surface area (Å²) in [4.78, 5) is 13.5. The lowest BCUT2D eigenvalue weighted by Gasteiger charge is -2.22. The fourth-order valence-corrected chi connectivity index (χ4v) is 1.20. The van der Waals surface area contributed by atoms with Crippen molar-refractivity contribution in [3.63, 3.8) is 0 Å². The smallest absolute Gasteiger partial charge is 0.248 e. The minimum Gasteiger partial charge on any atom is -0.369 e. The predicted molar refractivity (Wildman–Crippen MR) is 61.6 cm³/mol. The minimum absolute atomic E-state index is 0.0441. The molecule has 0 aliphatic carbocycles. The van der Waals surface area contributed by atoms with Crippen LogP contribution in [0.2, 0.25) is 0 Å². The van der Waals surface area contributed by atoms with Crippen LogP contribution in [0.4, 0.5) is 0 Å². The maximum Gasteiger partial charge on any atom is 0.248 e. The van der Waals surface area contributed by atoms with Crippen LogP contribution in [0.5, 0.6) is 0 Å². The quantitative estimate of drug-likeness (QED) is 0.658. The Balaban J connectivity index is 3.92. The summed E-state index contributed by atoms with van der Waals surface area (Å²) in [5.41, 5.74) is 5.46. The summed E-state index contributed by atoms with van der Waals surface area (Å²) in [6.45, 7) is 8.04. The van der Waals surface area contributed by atoms with Gasteiger partial charge in [0, 0.05) is 19.6 Å². The van der Waals surface area contributed by atoms with Crippen LogP contribution in [0.1, 0.15) is 33.6 Å². The van der Waals surface area contributed by atoms with E-state index < -0.39 is 0 Å². The maximum atomic E-state index is 11.7. The Labute approximate surface area is 92.8 Å². The number of nitrogens with two attached hydrogens (primary N) is 1. The molecule has 90 valence electrons. The van der Waals surface area contributed by atoms with Gasteiger partial charge in [0.25, 0.3) is 0 Å². The maximum absolute atomic E-state index is 11.7. The molecule has 0 saturated heterocycles. The second kappa shape index (κ2) is 8.68. The largest absolute Gasteiger partial charge is 0.369 e. The van der Waals surface area contributed by atoms with Gasteiger partial charge in [-0.25, -0.2) is 0 Å². The van der Waals surface area contributed by atoms with Crippen molar-refractivity contribution in [2.75, 3.05) is 26.2 Å². The molecule has 0 aliphatic rings. The number of hydrogen-bond donors (Lipinski definition) is 1. The predicted octanol–water partition coefficient (Wildman–Crippen LogP) is 0.999. The molecule has 1 amide bonds. The molecule has 0 aromatic heterocycles. The SMILES string of the molecule is CCCCN(CCN)C(=O)COC(C)C. The molecule has 0 aromatic rings. The van der Waals surface area contributed by atoms with E-state index in [1.165, 1.54) is 0 Å². The summed E-state index contributed by atoms with van der Waals surface area (Å²) in [5.74, 6) is 0.0441. The molecule has 2 N–H and O–H groups in total. The van der Waals surface area contributed by atoms with E-state index in [0.717, 1.165) is 19.4 Å². The van der Waals surface area contributed by atoms with Crippen LogP contribution >= 0.6 is 0 Å². The van der Waals surface area contributed by atoms with Gasteiger partial charge >= 0.3 is 0 Å². The molecule has 0 fully saturated rings. The Morgan fingerprint density at radius 3 is 2.53 bits per heavy atom. The Morgan fingerprint density at radius 1 is 1.40 bits per heavy atom. The highest BCUT2D eigenvalue weighted by Gasteiger charge is 2.12. The van der Waals surface area contributed by atoms with Crippen LogP contribution in [0.15, 0.2) is 0 Å². The van der Waals surface area contributed by atoms with Gasteiger partial charge in [0.2, 0.25) is 5.91 Å². The summed E-state index contributed by atoms with van der Waals surface area (Å²) in [7, 11) is 0. The first-order valence-corrected chi connectivity index (χ1v) is 5.71. The van der Waals surface area contributed by atoms with Crippen molar-refractivity contribution in [3.05, 3.63) is 0 Å². The van der Waals surface area contributed by atoms with E-state index in [9.17, 15) is 4.79 Å². The number of hydrogen-bond acceptors (Lipinski definition) is 3. The Hall–Kier alpha value is -0.610. The van der Waals surface area contributed by atoms with Gasteiger partial charge in [-0.1, -0.05) is 13.3 Å². The number of unbranched alkanes of at least 4 members (excludes halogenated alkanes) is 1. The van der Waals surface area contributed by atoms with Crippen molar-refractivity contribution in [1.82, 2.24) is 4.90 Å². The third kappa shape index (κ3) is 7.33. The molecule has 0 aliphatic heterocycles. The van der Waals surface area contributed by atoms with Crippen molar-refractivity contribution < 1.29 is 9.53 Å². The van der Waals surface area contributed by atoms with Gasteiger partial charge in [0.15, 0.2) is 0 Å². The van der Waals surface area contributed by atoms with E-state index in [0.29, 0.717) is 13.1 Å². The third-order valence-corrected chi connectivity index (χ3v) is 2.07. The average Bonchev–Trinajstić information content (AvgIpc) is 2.20. The molecule has 0 radical (unpaired) electrons. The van der Waals surface area contributed by atoms with Gasteiger partial charge in [0.05, 0.1) is 6.10 Å². The zero-order chi connectivity index (χ0) is 11.7. The average molecular weight is 216 g/mol. The molecule has 4 heteroatoms. The van der Waals surface area contributed by atoms with E-state index in [4.69, 9.17) is 10.5 Å². The fourth-order valence-electron chi connectivity index (χ4n) is 1.20. The number of nitrogens with zero attached hydrogens (tertiary/aromatic N) is 1. The fraction of sp³-hybridized carbons (Fsp3) is 0.909. The van der Waals surface area contributed by atoms with Crippen molar-refractivity contribution in [1.29, 1.82) is 0 Å². The van der Waals surface area contributed by atoms with E-state index in [-0.39, 0.29) is 18.6 Å². The van der Waals surface area contributed by atoms with Gasteiger partial charge < -0.3 is 15.4 Å². The molecule has 0 aromatic carbocycles. The Kier molecular flexibility index (Phi) is 8.33. The normalized spacial score (nSPS) is 10.7. The highest BCUT2D eigenvalue weighted by Crippen LogP contribution is 1.97. The van der Waals surface area contributed by atoms with E-state index in [1.807, 2.05) is 13.8 Å². The van der Waals surface area contributed by atoms with Crippen LogP contribution in [-0.2, 0) is 9.53 Å². The summed E-state index contributed by atoms with van der Waals surface area (Å²) < 4.78 is 5.28. The van der Waals surface area contributed by atoms with Crippen molar-refractivity contribution in [2.24, 2.45) is 5.73 Å². The standard InChI is InChI=1S/C11H24N2O2/c1-4-5-7-13(8-6-12)11(14)9-15-10(2)3/h10H,4-9,12H2,1-3H3. The number of carbonyl (C=O) groups excluding carboxylic acids is 1. The zero-order valence-corrected chi connectivity index (χ0v) is 10.2. The monoisotopic (exact) mass is 216 g/mol. The van der Waals surface area contributed by atoms with Gasteiger partial charge in [0.1, 0.15) is 6.61 Å². The molecule has 0 bridgehead atoms. The lowest BCUT2D eigenvalue weighted by molar-refractivity contribution is -0.137. The number of ether oxygens (including phenoxy) is 1.